The van der Waals surface area contributed by atoms with Crippen molar-refractivity contribution < 1.29 is 14.0 Å². The minimum Gasteiger partial charge on any atom is -0.372 e. The molecule has 0 unspecified atom stereocenters. The summed E-state index contributed by atoms with van der Waals surface area (Å²) in [6.45, 7) is 4.35. The second-order valence-electron chi connectivity index (χ2n) is 7.10. The Balaban J connectivity index is 1.58. The monoisotopic (exact) mass is 408 g/mol. The van der Waals surface area contributed by atoms with Crippen molar-refractivity contribution in [2.75, 3.05) is 25.0 Å². The molecule has 3 aromatic rings. The summed E-state index contributed by atoms with van der Waals surface area (Å²) in [7, 11) is 1.79. The zero-order valence-corrected chi connectivity index (χ0v) is 17.4. The van der Waals surface area contributed by atoms with Crippen LogP contribution in [0.1, 0.15) is 28.2 Å². The molecule has 2 aromatic carbocycles. The summed E-state index contributed by atoms with van der Waals surface area (Å²) in [5, 5.41) is 7.08. The fraction of sp³-hybridized carbons (Fsp3) is 0.261. The number of aryl methyl sites for hydroxylation is 1. The molecular formula is C23H25FN4O2. The molecule has 0 aliphatic carbocycles. The van der Waals surface area contributed by atoms with Crippen LogP contribution >= 0.6 is 0 Å². The lowest BCUT2D eigenvalue weighted by atomic mass is 10.1. The van der Waals surface area contributed by atoms with Crippen molar-refractivity contribution >= 4 is 17.4 Å². The normalized spacial score (nSPS) is 10.7. The van der Waals surface area contributed by atoms with E-state index in [0.717, 1.165) is 5.69 Å². The van der Waals surface area contributed by atoms with E-state index in [1.807, 2.05) is 30.3 Å². The number of benzene rings is 2. The number of amides is 1. The molecule has 0 bridgehead atoms. The number of hydrogen-bond donors (Lipinski definition) is 1. The summed E-state index contributed by atoms with van der Waals surface area (Å²) < 4.78 is 15.5. The highest BCUT2D eigenvalue weighted by Crippen LogP contribution is 2.19. The topological polar surface area (TPSA) is 67.2 Å². The number of Topliss-reactive ketones (excluding diaryl/α,β-unsaturated/α-hetero) is 1. The second-order valence-corrected chi connectivity index (χ2v) is 7.10. The molecule has 0 aliphatic rings. The van der Waals surface area contributed by atoms with E-state index in [2.05, 4.69) is 10.4 Å². The van der Waals surface area contributed by atoms with Gasteiger partial charge in [0, 0.05) is 20.1 Å². The van der Waals surface area contributed by atoms with Crippen molar-refractivity contribution in [1.29, 1.82) is 0 Å². The van der Waals surface area contributed by atoms with Gasteiger partial charge in [-0.25, -0.2) is 9.07 Å². The smallest absolute Gasteiger partial charge is 0.292 e. The first-order valence-electron chi connectivity index (χ1n) is 9.80. The minimum absolute atomic E-state index is 0.291. The maximum Gasteiger partial charge on any atom is 0.292 e. The molecule has 3 rings (SSSR count). The maximum atomic E-state index is 13.8. The zero-order chi connectivity index (χ0) is 21.7. The number of carbonyl (C=O) groups excluding carboxylic acids is 2. The van der Waals surface area contributed by atoms with Gasteiger partial charge in [0.15, 0.2) is 0 Å². The lowest BCUT2D eigenvalue weighted by molar-refractivity contribution is -0.117. The Labute approximate surface area is 175 Å². The first-order valence-corrected chi connectivity index (χ1v) is 9.80. The van der Waals surface area contributed by atoms with E-state index in [-0.39, 0.29) is 5.82 Å². The third-order valence-electron chi connectivity index (χ3n) is 4.94. The molecule has 0 radical (unpaired) electrons. The van der Waals surface area contributed by atoms with Crippen molar-refractivity contribution in [1.82, 2.24) is 15.1 Å². The largest absolute Gasteiger partial charge is 0.372 e. The van der Waals surface area contributed by atoms with Gasteiger partial charge in [0.25, 0.3) is 11.7 Å². The fourth-order valence-electron chi connectivity index (χ4n) is 3.39. The number of nitrogens with zero attached hydrogens (tertiary/aromatic N) is 3. The van der Waals surface area contributed by atoms with E-state index in [1.165, 1.54) is 6.07 Å². The number of ketones is 1. The lowest BCUT2D eigenvalue weighted by Crippen LogP contribution is -2.34. The Kier molecular flexibility index (Phi) is 6.61. The van der Waals surface area contributed by atoms with E-state index in [9.17, 15) is 14.0 Å². The number of para-hydroxylation sites is 2. The van der Waals surface area contributed by atoms with Gasteiger partial charge in [-0.2, -0.15) is 5.10 Å². The molecule has 30 heavy (non-hydrogen) atoms. The molecule has 7 heteroatoms. The standard InChI is InChI=1S/C23H25FN4O2/c1-16-21(17(2)28(26-16)18-10-5-4-6-11-18)22(29)23(30)25-14-9-15-27(3)20-13-8-7-12-19(20)24/h4-8,10-13H,9,14-15H2,1-3H3,(H,25,30). The molecule has 0 spiro atoms. The molecule has 0 aliphatic heterocycles. The molecule has 1 heterocycles. The lowest BCUT2D eigenvalue weighted by Gasteiger charge is -2.19. The summed E-state index contributed by atoms with van der Waals surface area (Å²) in [5.74, 6) is -1.56. The number of aromatic nitrogens is 2. The van der Waals surface area contributed by atoms with Gasteiger partial charge in [0.2, 0.25) is 0 Å². The van der Waals surface area contributed by atoms with Gasteiger partial charge in [0.1, 0.15) is 5.82 Å². The molecule has 0 saturated heterocycles. The first-order chi connectivity index (χ1) is 14.4. The Morgan fingerprint density at radius 3 is 2.43 bits per heavy atom. The van der Waals surface area contributed by atoms with E-state index >= 15 is 0 Å². The van der Waals surface area contributed by atoms with Crippen LogP contribution in [0.2, 0.25) is 0 Å². The number of nitrogens with one attached hydrogen (secondary N) is 1. The SMILES string of the molecule is Cc1nn(-c2ccccc2)c(C)c1C(=O)C(=O)NCCCN(C)c1ccccc1F. The van der Waals surface area contributed by atoms with E-state index < -0.39 is 11.7 Å². The highest BCUT2D eigenvalue weighted by molar-refractivity contribution is 6.43. The summed E-state index contributed by atoms with van der Waals surface area (Å²) in [4.78, 5) is 26.9. The van der Waals surface area contributed by atoms with Gasteiger partial charge in [-0.1, -0.05) is 30.3 Å². The van der Waals surface area contributed by atoms with Gasteiger partial charge in [-0.05, 0) is 44.5 Å². The zero-order valence-electron chi connectivity index (χ0n) is 17.4. The number of rotatable bonds is 8. The van der Waals surface area contributed by atoms with Crippen molar-refractivity contribution in [3.63, 3.8) is 0 Å². The molecular weight excluding hydrogens is 383 g/mol. The summed E-state index contributed by atoms with van der Waals surface area (Å²) in [5.41, 5.74) is 2.78. The van der Waals surface area contributed by atoms with Crippen LogP contribution in [0, 0.1) is 19.7 Å². The second kappa shape index (κ2) is 9.35. The highest BCUT2D eigenvalue weighted by atomic mass is 19.1. The van der Waals surface area contributed by atoms with E-state index in [1.54, 1.807) is 48.7 Å². The average molecular weight is 408 g/mol. The molecule has 1 amide bonds. The molecule has 1 N–H and O–H groups in total. The van der Waals surface area contributed by atoms with E-state index in [4.69, 9.17) is 0 Å². The fourth-order valence-corrected chi connectivity index (χ4v) is 3.39. The Morgan fingerprint density at radius 1 is 1.07 bits per heavy atom. The Bertz CT molecular complexity index is 1050. The maximum absolute atomic E-state index is 13.8. The summed E-state index contributed by atoms with van der Waals surface area (Å²) >= 11 is 0. The number of anilines is 1. The van der Waals surface area contributed by atoms with Crippen molar-refractivity contribution in [2.45, 2.75) is 20.3 Å². The van der Waals surface area contributed by atoms with Crippen LogP contribution in [-0.2, 0) is 4.79 Å². The van der Waals surface area contributed by atoms with Crippen LogP contribution in [0.4, 0.5) is 10.1 Å². The van der Waals surface area contributed by atoms with Crippen LogP contribution in [0.3, 0.4) is 0 Å². The van der Waals surface area contributed by atoms with Crippen LogP contribution in [0.15, 0.2) is 54.6 Å². The number of carbonyl (C=O) groups is 2. The van der Waals surface area contributed by atoms with Crippen molar-refractivity contribution in [3.8, 4) is 5.69 Å². The van der Waals surface area contributed by atoms with Crippen molar-refractivity contribution in [2.24, 2.45) is 0 Å². The third kappa shape index (κ3) is 4.56. The minimum atomic E-state index is -0.664. The molecule has 156 valence electrons. The summed E-state index contributed by atoms with van der Waals surface area (Å²) in [6, 6.07) is 16.0. The number of halogens is 1. The van der Waals surface area contributed by atoms with Crippen LogP contribution in [0.5, 0.6) is 0 Å². The average Bonchev–Trinajstić information content (AvgIpc) is 3.05. The third-order valence-corrected chi connectivity index (χ3v) is 4.94. The number of hydrogen-bond acceptors (Lipinski definition) is 4. The van der Waals surface area contributed by atoms with Gasteiger partial charge < -0.3 is 10.2 Å². The quantitative estimate of drug-likeness (QED) is 0.352. The molecule has 1 aromatic heterocycles. The molecule has 0 saturated carbocycles. The summed E-state index contributed by atoms with van der Waals surface area (Å²) in [6.07, 6.45) is 0.574. The van der Waals surface area contributed by atoms with Crippen LogP contribution < -0.4 is 10.2 Å². The van der Waals surface area contributed by atoms with Crippen LogP contribution in [0.25, 0.3) is 5.69 Å². The first kappa shape index (κ1) is 21.2. The molecule has 6 nitrogen and oxygen atoms in total. The van der Waals surface area contributed by atoms with Crippen molar-refractivity contribution in [3.05, 3.63) is 77.4 Å². The van der Waals surface area contributed by atoms with Gasteiger partial charge in [0.05, 0.1) is 28.3 Å². The predicted molar refractivity (Wildman–Crippen MR) is 115 cm³/mol. The Hall–Kier alpha value is -3.48. The predicted octanol–water partition coefficient (Wildman–Crippen LogP) is 3.45. The Morgan fingerprint density at radius 2 is 1.73 bits per heavy atom. The van der Waals surface area contributed by atoms with Gasteiger partial charge in [-0.15, -0.1) is 0 Å². The van der Waals surface area contributed by atoms with E-state index in [0.29, 0.717) is 42.1 Å². The highest BCUT2D eigenvalue weighted by Gasteiger charge is 2.24. The van der Waals surface area contributed by atoms with Crippen LogP contribution in [-0.4, -0.2) is 41.6 Å². The molecule has 0 fully saturated rings. The van der Waals surface area contributed by atoms with Gasteiger partial charge >= 0.3 is 0 Å². The molecule has 0 atom stereocenters. The van der Waals surface area contributed by atoms with Gasteiger partial charge in [-0.3, -0.25) is 9.59 Å².